The molecular weight excluding hydrogens is 330 g/mol. The average Bonchev–Trinajstić information content (AvgIpc) is 3.17. The molecule has 0 atom stereocenters. The molecule has 0 saturated heterocycles. The van der Waals surface area contributed by atoms with Crippen LogP contribution in [-0.4, -0.2) is 39.7 Å². The number of pyridine rings is 1. The van der Waals surface area contributed by atoms with E-state index in [9.17, 15) is 4.79 Å². The lowest BCUT2D eigenvalue weighted by Crippen LogP contribution is -2.27. The lowest BCUT2D eigenvalue weighted by atomic mass is 10.2. The molecule has 1 aromatic carbocycles. The molecule has 130 valence electrons. The number of carbonyl (C=O) groups is 1. The second kappa shape index (κ2) is 7.49. The highest BCUT2D eigenvalue weighted by Crippen LogP contribution is 2.13. The molecule has 26 heavy (non-hydrogen) atoms. The number of carbonyl (C=O) groups excluding carboxylic acids is 1. The molecule has 7 heteroatoms. The van der Waals surface area contributed by atoms with Crippen molar-refractivity contribution in [2.45, 2.75) is 6.54 Å². The third kappa shape index (κ3) is 3.70. The minimum atomic E-state index is -0.218. The van der Waals surface area contributed by atoms with Gasteiger partial charge < -0.3 is 9.64 Å². The number of nitriles is 1. The van der Waals surface area contributed by atoms with E-state index in [0.717, 1.165) is 11.4 Å². The highest BCUT2D eigenvalue weighted by molar-refractivity contribution is 5.92. The minimum Gasteiger partial charge on any atom is -0.481 e. The number of nitrogens with zero attached hydrogens (tertiary/aromatic N) is 5. The molecule has 7 nitrogen and oxygen atoms in total. The van der Waals surface area contributed by atoms with Gasteiger partial charge in [0.05, 0.1) is 36.7 Å². The van der Waals surface area contributed by atoms with Gasteiger partial charge in [0.1, 0.15) is 0 Å². The van der Waals surface area contributed by atoms with Crippen molar-refractivity contribution in [3.63, 3.8) is 0 Å². The van der Waals surface area contributed by atoms with Gasteiger partial charge in [0.2, 0.25) is 5.88 Å². The van der Waals surface area contributed by atoms with E-state index in [1.807, 2.05) is 18.2 Å². The molecule has 2 aromatic heterocycles. The Kier molecular flexibility index (Phi) is 4.94. The number of amides is 1. The van der Waals surface area contributed by atoms with E-state index in [1.165, 1.54) is 0 Å². The lowest BCUT2D eigenvalue weighted by molar-refractivity contribution is 0.0777. The smallest absolute Gasteiger partial charge is 0.274 e. The van der Waals surface area contributed by atoms with Crippen molar-refractivity contribution in [3.8, 4) is 17.6 Å². The zero-order valence-electron chi connectivity index (χ0n) is 14.5. The molecule has 0 aliphatic heterocycles. The first-order chi connectivity index (χ1) is 12.6. The van der Waals surface area contributed by atoms with Crippen LogP contribution < -0.4 is 4.74 Å². The number of methoxy groups -OCH3 is 1. The maximum absolute atomic E-state index is 12.6. The summed E-state index contributed by atoms with van der Waals surface area (Å²) >= 11 is 0. The van der Waals surface area contributed by atoms with Crippen molar-refractivity contribution >= 4 is 5.91 Å². The number of benzene rings is 1. The number of hydrogen-bond donors (Lipinski definition) is 0. The maximum atomic E-state index is 12.6. The van der Waals surface area contributed by atoms with Crippen LogP contribution in [-0.2, 0) is 6.54 Å². The number of aromatic nitrogens is 3. The number of hydrogen-bond acceptors (Lipinski definition) is 5. The van der Waals surface area contributed by atoms with E-state index >= 15 is 0 Å². The Morgan fingerprint density at radius 1 is 1.27 bits per heavy atom. The molecular formula is C19H17N5O2. The largest absolute Gasteiger partial charge is 0.481 e. The van der Waals surface area contributed by atoms with Crippen molar-refractivity contribution in [2.75, 3.05) is 14.2 Å². The van der Waals surface area contributed by atoms with Crippen molar-refractivity contribution in [3.05, 3.63) is 71.7 Å². The van der Waals surface area contributed by atoms with Gasteiger partial charge in [0, 0.05) is 19.3 Å². The molecule has 3 aromatic rings. The summed E-state index contributed by atoms with van der Waals surface area (Å²) in [4.78, 5) is 18.5. The molecule has 0 aliphatic rings. The third-order valence-corrected chi connectivity index (χ3v) is 3.78. The summed E-state index contributed by atoms with van der Waals surface area (Å²) in [6.07, 6.45) is 1.70. The predicted molar refractivity (Wildman–Crippen MR) is 94.9 cm³/mol. The fraction of sp³-hybridized carbons (Fsp3) is 0.158. The van der Waals surface area contributed by atoms with E-state index in [4.69, 9.17) is 10.00 Å². The predicted octanol–water partition coefficient (Wildman–Crippen LogP) is 2.42. The van der Waals surface area contributed by atoms with E-state index in [2.05, 4.69) is 16.2 Å². The Balaban J connectivity index is 1.75. The Hall–Kier alpha value is -3.66. The Bertz CT molecular complexity index is 974. The zero-order chi connectivity index (χ0) is 18.5. The first kappa shape index (κ1) is 17.2. The summed E-state index contributed by atoms with van der Waals surface area (Å²) in [5, 5.41) is 13.3. The summed E-state index contributed by atoms with van der Waals surface area (Å²) in [6.45, 7) is 0.340. The van der Waals surface area contributed by atoms with Gasteiger partial charge >= 0.3 is 0 Å². The average molecular weight is 347 g/mol. The molecule has 3 rings (SSSR count). The van der Waals surface area contributed by atoms with Crippen molar-refractivity contribution in [2.24, 2.45) is 0 Å². The molecule has 0 saturated carbocycles. The molecule has 0 unspecified atom stereocenters. The molecule has 0 aliphatic carbocycles. The summed E-state index contributed by atoms with van der Waals surface area (Å²) < 4.78 is 6.67. The molecule has 0 bridgehead atoms. The van der Waals surface area contributed by atoms with Crippen LogP contribution in [0.5, 0.6) is 5.88 Å². The standard InChI is InChI=1S/C19H17N5O2/c1-23(13-15-6-4-8-18(21-15)26-2)19(25)17-9-10-24(22-17)16-7-3-5-14(11-16)12-20/h3-11H,13H2,1-2H3. The third-order valence-electron chi connectivity index (χ3n) is 3.78. The number of rotatable bonds is 5. The van der Waals surface area contributed by atoms with Crippen molar-refractivity contribution < 1.29 is 9.53 Å². The van der Waals surface area contributed by atoms with Crippen molar-refractivity contribution in [1.29, 1.82) is 5.26 Å². The minimum absolute atomic E-state index is 0.218. The van der Waals surface area contributed by atoms with Crippen LogP contribution in [0.3, 0.4) is 0 Å². The van der Waals surface area contributed by atoms with Crippen LogP contribution in [0.2, 0.25) is 0 Å². The molecule has 2 heterocycles. The molecule has 0 radical (unpaired) electrons. The molecule has 0 spiro atoms. The van der Waals surface area contributed by atoms with Crippen LogP contribution in [0.4, 0.5) is 0 Å². The van der Waals surface area contributed by atoms with E-state index in [1.54, 1.807) is 60.3 Å². The monoisotopic (exact) mass is 347 g/mol. The Morgan fingerprint density at radius 3 is 2.85 bits per heavy atom. The van der Waals surface area contributed by atoms with Gasteiger partial charge in [-0.25, -0.2) is 9.67 Å². The van der Waals surface area contributed by atoms with Crippen molar-refractivity contribution in [1.82, 2.24) is 19.7 Å². The summed E-state index contributed by atoms with van der Waals surface area (Å²) in [7, 11) is 3.24. The van der Waals surface area contributed by atoms with Gasteiger partial charge in [-0.2, -0.15) is 10.4 Å². The Morgan fingerprint density at radius 2 is 2.08 bits per heavy atom. The van der Waals surface area contributed by atoms with Crippen LogP contribution >= 0.6 is 0 Å². The number of ether oxygens (including phenoxy) is 1. The van der Waals surface area contributed by atoms with Gasteiger partial charge in [0.15, 0.2) is 5.69 Å². The maximum Gasteiger partial charge on any atom is 0.274 e. The van der Waals surface area contributed by atoms with E-state index in [0.29, 0.717) is 23.7 Å². The fourth-order valence-electron chi connectivity index (χ4n) is 2.47. The highest BCUT2D eigenvalue weighted by atomic mass is 16.5. The topological polar surface area (TPSA) is 84.0 Å². The van der Waals surface area contributed by atoms with Crippen LogP contribution in [0.25, 0.3) is 5.69 Å². The quantitative estimate of drug-likeness (QED) is 0.708. The molecule has 0 fully saturated rings. The fourth-order valence-corrected chi connectivity index (χ4v) is 2.47. The van der Waals surface area contributed by atoms with Gasteiger partial charge in [0.25, 0.3) is 5.91 Å². The van der Waals surface area contributed by atoms with E-state index < -0.39 is 0 Å². The second-order valence-corrected chi connectivity index (χ2v) is 5.64. The van der Waals surface area contributed by atoms with Gasteiger partial charge in [-0.3, -0.25) is 4.79 Å². The zero-order valence-corrected chi connectivity index (χ0v) is 14.5. The molecule has 1 amide bonds. The van der Waals surface area contributed by atoms with Crippen LogP contribution in [0.15, 0.2) is 54.7 Å². The normalized spacial score (nSPS) is 10.2. The summed E-state index contributed by atoms with van der Waals surface area (Å²) in [6, 6.07) is 16.2. The summed E-state index contributed by atoms with van der Waals surface area (Å²) in [5.41, 5.74) is 2.30. The van der Waals surface area contributed by atoms with Crippen LogP contribution in [0, 0.1) is 11.3 Å². The SMILES string of the molecule is COc1cccc(CN(C)C(=O)c2ccn(-c3cccc(C#N)c3)n2)n1. The van der Waals surface area contributed by atoms with Gasteiger partial charge in [-0.1, -0.05) is 12.1 Å². The summed E-state index contributed by atoms with van der Waals surface area (Å²) in [5.74, 6) is 0.287. The Labute approximate surface area is 151 Å². The van der Waals surface area contributed by atoms with Gasteiger partial charge in [-0.15, -0.1) is 0 Å². The van der Waals surface area contributed by atoms with E-state index in [-0.39, 0.29) is 5.91 Å². The van der Waals surface area contributed by atoms with Gasteiger partial charge in [-0.05, 0) is 30.3 Å². The lowest BCUT2D eigenvalue weighted by Gasteiger charge is -2.15. The van der Waals surface area contributed by atoms with Crippen LogP contribution in [0.1, 0.15) is 21.7 Å². The first-order valence-corrected chi connectivity index (χ1v) is 7.92. The second-order valence-electron chi connectivity index (χ2n) is 5.64. The highest BCUT2D eigenvalue weighted by Gasteiger charge is 2.16. The molecule has 0 N–H and O–H groups in total. The first-order valence-electron chi connectivity index (χ1n) is 7.92.